The highest BCUT2D eigenvalue weighted by Crippen LogP contribution is 2.36. The van der Waals surface area contributed by atoms with E-state index in [2.05, 4.69) is 20.4 Å². The minimum Gasteiger partial charge on any atom is -0.391 e. The molecule has 0 bridgehead atoms. The van der Waals surface area contributed by atoms with Crippen LogP contribution in [0.3, 0.4) is 0 Å². The molecule has 2 N–H and O–H groups in total. The summed E-state index contributed by atoms with van der Waals surface area (Å²) >= 11 is 1.01. The fraction of sp³-hybridized carbons (Fsp3) is 0.345. The fourth-order valence-electron chi connectivity index (χ4n) is 5.80. The lowest BCUT2D eigenvalue weighted by molar-refractivity contribution is -0.126. The van der Waals surface area contributed by atoms with E-state index in [9.17, 15) is 26.7 Å². The average molecular weight is 667 g/mol. The molecule has 1 aliphatic carbocycles. The Labute approximate surface area is 262 Å². The van der Waals surface area contributed by atoms with Gasteiger partial charge in [-0.15, -0.1) is 23.7 Å². The largest absolute Gasteiger partial charge is 0.393 e. The van der Waals surface area contributed by atoms with Crippen LogP contribution in [0.2, 0.25) is 0 Å². The second-order valence-corrected chi connectivity index (χ2v) is 13.8. The van der Waals surface area contributed by atoms with E-state index in [4.69, 9.17) is 0 Å². The van der Waals surface area contributed by atoms with E-state index in [1.807, 2.05) is 41.3 Å². The third kappa shape index (κ3) is 6.54. The predicted octanol–water partition coefficient (Wildman–Crippen LogP) is 5.16. The molecule has 44 heavy (non-hydrogen) atoms. The molecule has 9 nitrogen and oxygen atoms in total. The van der Waals surface area contributed by atoms with Gasteiger partial charge in [-0.2, -0.15) is 22.4 Å². The summed E-state index contributed by atoms with van der Waals surface area (Å²) in [5, 5.41) is 19.8. The summed E-state index contributed by atoms with van der Waals surface area (Å²) in [5.41, 5.74) is 3.38. The number of hydrogen-bond acceptors (Lipinski definition) is 9. The molecule has 3 heterocycles. The van der Waals surface area contributed by atoms with Crippen LogP contribution in [0.4, 0.5) is 19.0 Å². The highest BCUT2D eigenvalue weighted by molar-refractivity contribution is 7.89. The lowest BCUT2D eigenvalue weighted by Gasteiger charge is -2.28. The van der Waals surface area contributed by atoms with Gasteiger partial charge in [0.1, 0.15) is 17.0 Å². The third-order valence-corrected chi connectivity index (χ3v) is 9.78. The number of anilines is 1. The van der Waals surface area contributed by atoms with Crippen molar-refractivity contribution < 1.29 is 26.7 Å². The lowest BCUT2D eigenvalue weighted by atomic mass is 10.0. The maximum Gasteiger partial charge on any atom is 0.393 e. The molecule has 0 unspecified atom stereocenters. The van der Waals surface area contributed by atoms with Crippen molar-refractivity contribution in [2.75, 3.05) is 18.2 Å². The number of aromatic nitrogens is 4. The first kappa shape index (κ1) is 32.1. The molecule has 1 saturated carbocycles. The van der Waals surface area contributed by atoms with E-state index in [1.54, 1.807) is 19.3 Å². The second kappa shape index (κ2) is 12.2. The Kier molecular flexibility index (Phi) is 8.93. The number of aliphatic hydroxyl groups is 1. The van der Waals surface area contributed by atoms with Crippen LogP contribution < -0.4 is 10.2 Å². The molecule has 0 aliphatic heterocycles. The van der Waals surface area contributed by atoms with Crippen molar-refractivity contribution in [3.63, 3.8) is 0 Å². The van der Waals surface area contributed by atoms with Gasteiger partial charge in [-0.3, -0.25) is 0 Å². The van der Waals surface area contributed by atoms with Crippen molar-refractivity contribution >= 4 is 60.7 Å². The molecule has 2 aromatic carbocycles. The minimum absolute atomic E-state index is 0. The van der Waals surface area contributed by atoms with E-state index in [-0.39, 0.29) is 29.4 Å². The Balaban J connectivity index is 0.00000384. The van der Waals surface area contributed by atoms with Crippen molar-refractivity contribution in [2.45, 2.75) is 50.2 Å². The molecular formula is C29H30ClF3N6O3S2. The van der Waals surface area contributed by atoms with Crippen LogP contribution in [0.25, 0.3) is 32.2 Å². The van der Waals surface area contributed by atoms with Gasteiger partial charge in [-0.1, -0.05) is 36.4 Å². The summed E-state index contributed by atoms with van der Waals surface area (Å²) in [7, 11) is -1.71. The molecule has 0 saturated heterocycles. The average Bonchev–Trinajstić information content (AvgIpc) is 3.66. The first-order valence-electron chi connectivity index (χ1n) is 13.6. The number of thiophene rings is 1. The Morgan fingerprint density at radius 1 is 1.11 bits per heavy atom. The van der Waals surface area contributed by atoms with Gasteiger partial charge in [-0.05, 0) is 41.7 Å². The van der Waals surface area contributed by atoms with Crippen molar-refractivity contribution in [2.24, 2.45) is 0 Å². The smallest absolute Gasteiger partial charge is 0.391 e. The first-order valence-corrected chi connectivity index (χ1v) is 16.2. The van der Waals surface area contributed by atoms with Crippen LogP contribution in [0.1, 0.15) is 23.3 Å². The molecular weight excluding hydrogens is 637 g/mol. The summed E-state index contributed by atoms with van der Waals surface area (Å²) in [6.45, 7) is 0.577. The van der Waals surface area contributed by atoms with E-state index >= 15 is 0 Å². The van der Waals surface area contributed by atoms with Crippen LogP contribution in [-0.4, -0.2) is 70.3 Å². The topological polar surface area (TPSA) is 113 Å². The molecule has 5 aromatic rings. The summed E-state index contributed by atoms with van der Waals surface area (Å²) in [6, 6.07) is 14.7. The van der Waals surface area contributed by atoms with Crippen LogP contribution in [0.15, 0.2) is 61.1 Å². The van der Waals surface area contributed by atoms with Crippen LogP contribution in [0.5, 0.6) is 0 Å². The number of alkyl halides is 3. The molecule has 0 amide bonds. The van der Waals surface area contributed by atoms with Crippen LogP contribution >= 0.6 is 23.7 Å². The van der Waals surface area contributed by atoms with Crippen molar-refractivity contribution in [1.29, 1.82) is 0 Å². The Bertz CT molecular complexity index is 1900. The quantitative estimate of drug-likeness (QED) is 0.234. The monoisotopic (exact) mass is 666 g/mol. The van der Waals surface area contributed by atoms with Crippen molar-refractivity contribution in [1.82, 2.24) is 24.5 Å². The van der Waals surface area contributed by atoms with E-state index in [0.29, 0.717) is 40.9 Å². The molecule has 0 spiro atoms. The number of benzene rings is 2. The number of hydrogen-bond donors (Lipinski definition) is 2. The molecule has 0 radical (unpaired) electrons. The van der Waals surface area contributed by atoms with Crippen LogP contribution in [-0.2, 0) is 23.0 Å². The zero-order valence-corrected chi connectivity index (χ0v) is 26.1. The van der Waals surface area contributed by atoms with E-state index in [1.165, 1.54) is 12.4 Å². The number of nitrogens with one attached hydrogen (secondary N) is 1. The number of fused-ring (bicyclic) bond motifs is 2. The summed E-state index contributed by atoms with van der Waals surface area (Å²) < 4.78 is 64.0. The Morgan fingerprint density at radius 2 is 1.86 bits per heavy atom. The number of aliphatic hydroxyl groups excluding tert-OH is 1. The molecule has 6 rings (SSSR count). The maximum atomic E-state index is 13.0. The molecule has 3 atom stereocenters. The van der Waals surface area contributed by atoms with E-state index in [0.717, 1.165) is 43.8 Å². The minimum atomic E-state index is -4.31. The van der Waals surface area contributed by atoms with Crippen molar-refractivity contribution in [3.05, 3.63) is 71.5 Å². The zero-order chi connectivity index (χ0) is 30.5. The number of likely N-dealkylation sites (N-methyl/N-ethyl adjacent to an activating group) is 1. The van der Waals surface area contributed by atoms with Gasteiger partial charge in [0.15, 0.2) is 0 Å². The lowest BCUT2D eigenvalue weighted by Crippen LogP contribution is -2.38. The van der Waals surface area contributed by atoms with Crippen LogP contribution in [0, 0.1) is 0 Å². The van der Waals surface area contributed by atoms with Gasteiger partial charge < -0.3 is 15.3 Å². The van der Waals surface area contributed by atoms with E-state index < -0.39 is 28.7 Å². The molecule has 1 fully saturated rings. The SMILES string of the molecule is CN(c1ncnc2sc(CC(F)(F)F)cc12)[C@H]1C[C@@H](NCc2ccc(-c3cccc4c3cnn4S(C)(=O)=O)cc2)C[C@H]1O.Cl. The van der Waals surface area contributed by atoms with Gasteiger partial charge in [-0.25, -0.2) is 18.4 Å². The van der Waals surface area contributed by atoms with Gasteiger partial charge in [0.05, 0.1) is 41.9 Å². The Hall–Kier alpha value is -3.30. The van der Waals surface area contributed by atoms with Crippen molar-refractivity contribution in [3.8, 4) is 11.1 Å². The Morgan fingerprint density at radius 3 is 2.57 bits per heavy atom. The molecule has 3 aromatic heterocycles. The first-order chi connectivity index (χ1) is 20.4. The summed E-state index contributed by atoms with van der Waals surface area (Å²) in [6.07, 6.45) is -0.777. The summed E-state index contributed by atoms with van der Waals surface area (Å²) in [4.78, 5) is 11.0. The van der Waals surface area contributed by atoms with Gasteiger partial charge in [0.2, 0.25) is 0 Å². The zero-order valence-electron chi connectivity index (χ0n) is 23.7. The maximum absolute atomic E-state index is 13.0. The van der Waals surface area contributed by atoms with Gasteiger partial charge in [0, 0.05) is 29.9 Å². The fourth-order valence-corrected chi connectivity index (χ4v) is 7.56. The number of halogens is 4. The second-order valence-electron chi connectivity index (χ2n) is 10.9. The highest BCUT2D eigenvalue weighted by atomic mass is 35.5. The third-order valence-electron chi connectivity index (χ3n) is 7.82. The predicted molar refractivity (Wildman–Crippen MR) is 168 cm³/mol. The molecule has 234 valence electrons. The molecule has 15 heteroatoms. The standard InChI is InChI=1S/C29H29F3N6O3S2.ClH/c1-37(27-22-12-20(13-29(30,31)32)42-28(22)35-16-34-27)25-10-19(11-26(25)39)33-14-17-6-8-18(9-7-17)21-4-3-5-24-23(21)15-36-38(24)43(2,40)41;/h3-9,12,15-16,19,25-26,33,39H,10-11,13-14H2,1-2H3;1H/t19-,25+,26-;/m1./s1. The summed E-state index contributed by atoms with van der Waals surface area (Å²) in [5.74, 6) is 0.507. The van der Waals surface area contributed by atoms with Gasteiger partial charge in [0.25, 0.3) is 10.0 Å². The highest BCUT2D eigenvalue weighted by Gasteiger charge is 2.37. The normalized spacial score (nSPS) is 19.0. The van der Waals surface area contributed by atoms with Gasteiger partial charge >= 0.3 is 6.18 Å². The number of nitrogens with zero attached hydrogens (tertiary/aromatic N) is 5. The molecule has 1 aliphatic rings. The number of rotatable bonds is 8.